The van der Waals surface area contributed by atoms with Crippen LogP contribution in [0.1, 0.15) is 34.5 Å². The second kappa shape index (κ2) is 10.8. The van der Waals surface area contributed by atoms with E-state index < -0.39 is 0 Å². The summed E-state index contributed by atoms with van der Waals surface area (Å²) in [5.41, 5.74) is 2.95. The topological polar surface area (TPSA) is 66.9 Å². The van der Waals surface area contributed by atoms with Gasteiger partial charge in [0.25, 0.3) is 5.91 Å². The average Bonchev–Trinajstić information content (AvgIpc) is 2.76. The van der Waals surface area contributed by atoms with E-state index in [2.05, 4.69) is 57.0 Å². The lowest BCUT2D eigenvalue weighted by Crippen LogP contribution is -2.26. The first kappa shape index (κ1) is 19.5. The number of rotatable bonds is 10. The highest BCUT2D eigenvalue weighted by Crippen LogP contribution is 2.05. The van der Waals surface area contributed by atoms with Gasteiger partial charge < -0.3 is 10.6 Å². The van der Waals surface area contributed by atoms with Crippen LogP contribution in [0, 0.1) is 0 Å². The quantitative estimate of drug-likeness (QED) is 0.529. The molecule has 1 amide bonds. The highest BCUT2D eigenvalue weighted by atomic mass is 16.1. The van der Waals surface area contributed by atoms with Crippen molar-refractivity contribution in [2.45, 2.75) is 25.7 Å². The van der Waals surface area contributed by atoms with Crippen molar-refractivity contribution in [1.82, 2.24) is 15.3 Å². The van der Waals surface area contributed by atoms with Gasteiger partial charge in [-0.1, -0.05) is 60.7 Å². The van der Waals surface area contributed by atoms with Gasteiger partial charge in [-0.15, -0.1) is 0 Å². The van der Waals surface area contributed by atoms with Gasteiger partial charge in [0.2, 0.25) is 0 Å². The van der Waals surface area contributed by atoms with Gasteiger partial charge in [0.15, 0.2) is 0 Å². The predicted octanol–water partition coefficient (Wildman–Crippen LogP) is 3.88. The van der Waals surface area contributed by atoms with E-state index in [9.17, 15) is 4.79 Å². The number of nitrogens with zero attached hydrogens (tertiary/aromatic N) is 2. The molecule has 144 valence electrons. The smallest absolute Gasteiger partial charge is 0.271 e. The van der Waals surface area contributed by atoms with Crippen LogP contribution < -0.4 is 10.6 Å². The van der Waals surface area contributed by atoms with Crippen molar-refractivity contribution in [3.8, 4) is 0 Å². The van der Waals surface area contributed by atoms with Crippen molar-refractivity contribution in [2.24, 2.45) is 0 Å². The van der Waals surface area contributed by atoms with E-state index in [0.717, 1.165) is 32.2 Å². The van der Waals surface area contributed by atoms with Gasteiger partial charge >= 0.3 is 0 Å². The van der Waals surface area contributed by atoms with Gasteiger partial charge in [-0.3, -0.25) is 4.79 Å². The Morgan fingerprint density at radius 1 is 0.750 bits per heavy atom. The third-order valence-electron chi connectivity index (χ3n) is 4.45. The molecular formula is C23H26N4O. The summed E-state index contributed by atoms with van der Waals surface area (Å²) in [6.45, 7) is 1.43. The average molecular weight is 374 g/mol. The third kappa shape index (κ3) is 6.50. The molecule has 28 heavy (non-hydrogen) atoms. The minimum absolute atomic E-state index is 0.184. The van der Waals surface area contributed by atoms with Crippen LogP contribution in [0.3, 0.4) is 0 Å². The molecule has 0 spiro atoms. The normalized spacial score (nSPS) is 10.4. The monoisotopic (exact) mass is 374 g/mol. The zero-order valence-corrected chi connectivity index (χ0v) is 16.0. The molecule has 3 aromatic rings. The Balaban J connectivity index is 1.34. The molecule has 0 bridgehead atoms. The number of aromatic nitrogens is 2. The highest BCUT2D eigenvalue weighted by molar-refractivity contribution is 5.91. The number of hydrogen-bond acceptors (Lipinski definition) is 4. The third-order valence-corrected chi connectivity index (χ3v) is 4.45. The summed E-state index contributed by atoms with van der Waals surface area (Å²) in [7, 11) is 0. The Morgan fingerprint density at radius 3 is 1.93 bits per heavy atom. The predicted molar refractivity (Wildman–Crippen MR) is 112 cm³/mol. The summed E-state index contributed by atoms with van der Waals surface area (Å²) in [6, 6.07) is 20.7. The molecule has 0 aliphatic rings. The fourth-order valence-electron chi connectivity index (χ4n) is 2.92. The number of carbonyl (C=O) groups excluding carboxylic acids is 1. The maximum atomic E-state index is 12.2. The molecule has 2 N–H and O–H groups in total. The van der Waals surface area contributed by atoms with E-state index >= 15 is 0 Å². The van der Waals surface area contributed by atoms with Crippen LogP contribution in [0.5, 0.6) is 0 Å². The fraction of sp³-hybridized carbons (Fsp3) is 0.261. The SMILES string of the molecule is O=C(NCCCc1ccccc1)c1cnc(NCCCc2ccccc2)cn1. The van der Waals surface area contributed by atoms with Crippen molar-refractivity contribution in [3.05, 3.63) is 89.9 Å². The maximum absolute atomic E-state index is 12.2. The van der Waals surface area contributed by atoms with Crippen LogP contribution >= 0.6 is 0 Å². The van der Waals surface area contributed by atoms with E-state index in [4.69, 9.17) is 0 Å². The van der Waals surface area contributed by atoms with Crippen LogP contribution in [-0.2, 0) is 12.8 Å². The van der Waals surface area contributed by atoms with Crippen LogP contribution in [0.15, 0.2) is 73.1 Å². The van der Waals surface area contributed by atoms with Crippen molar-refractivity contribution >= 4 is 11.7 Å². The molecule has 0 saturated carbocycles. The molecule has 0 atom stereocenters. The highest BCUT2D eigenvalue weighted by Gasteiger charge is 2.07. The number of benzene rings is 2. The molecule has 0 fully saturated rings. The molecule has 0 aliphatic heterocycles. The molecule has 0 unspecified atom stereocenters. The Kier molecular flexibility index (Phi) is 7.56. The Morgan fingerprint density at radius 2 is 1.36 bits per heavy atom. The summed E-state index contributed by atoms with van der Waals surface area (Å²) in [5, 5.41) is 6.14. The first-order valence-electron chi connectivity index (χ1n) is 9.73. The molecule has 3 rings (SSSR count). The largest absolute Gasteiger partial charge is 0.369 e. The molecule has 1 aromatic heterocycles. The first-order valence-corrected chi connectivity index (χ1v) is 9.73. The molecule has 5 heteroatoms. The van der Waals surface area contributed by atoms with Gasteiger partial charge in [0.1, 0.15) is 11.5 Å². The van der Waals surface area contributed by atoms with Gasteiger partial charge in [0, 0.05) is 13.1 Å². The number of hydrogen-bond donors (Lipinski definition) is 2. The molecule has 0 radical (unpaired) electrons. The van der Waals surface area contributed by atoms with Crippen LogP contribution in [0.2, 0.25) is 0 Å². The van der Waals surface area contributed by atoms with Crippen LogP contribution in [0.4, 0.5) is 5.82 Å². The molecule has 0 saturated heterocycles. The molecule has 5 nitrogen and oxygen atoms in total. The van der Waals surface area contributed by atoms with E-state index in [0.29, 0.717) is 18.1 Å². The number of amides is 1. The van der Waals surface area contributed by atoms with Gasteiger partial charge in [-0.2, -0.15) is 0 Å². The zero-order valence-electron chi connectivity index (χ0n) is 16.0. The van der Waals surface area contributed by atoms with Crippen LogP contribution in [-0.4, -0.2) is 29.0 Å². The van der Waals surface area contributed by atoms with Crippen LogP contribution in [0.25, 0.3) is 0 Å². The van der Waals surface area contributed by atoms with Crippen molar-refractivity contribution in [1.29, 1.82) is 0 Å². The van der Waals surface area contributed by atoms with E-state index in [1.54, 1.807) is 6.20 Å². The zero-order chi connectivity index (χ0) is 19.4. The number of nitrogens with one attached hydrogen (secondary N) is 2. The molecule has 1 heterocycles. The summed E-state index contributed by atoms with van der Waals surface area (Å²) >= 11 is 0. The summed E-state index contributed by atoms with van der Waals surface area (Å²) < 4.78 is 0. The second-order valence-electron chi connectivity index (χ2n) is 6.65. The van der Waals surface area contributed by atoms with E-state index in [1.807, 2.05) is 24.3 Å². The van der Waals surface area contributed by atoms with Gasteiger partial charge in [0.05, 0.1) is 12.4 Å². The Hall–Kier alpha value is -3.21. The minimum Gasteiger partial charge on any atom is -0.369 e. The number of carbonyl (C=O) groups is 1. The minimum atomic E-state index is -0.184. The molecule has 2 aromatic carbocycles. The van der Waals surface area contributed by atoms with Crippen molar-refractivity contribution in [3.63, 3.8) is 0 Å². The Bertz CT molecular complexity index is 835. The number of aryl methyl sites for hydroxylation is 2. The summed E-state index contributed by atoms with van der Waals surface area (Å²) in [5.74, 6) is 0.505. The first-order chi connectivity index (χ1) is 13.8. The Labute approximate surface area is 166 Å². The van der Waals surface area contributed by atoms with E-state index in [-0.39, 0.29) is 5.91 Å². The van der Waals surface area contributed by atoms with Gasteiger partial charge in [-0.25, -0.2) is 9.97 Å². The van der Waals surface area contributed by atoms with Crippen molar-refractivity contribution in [2.75, 3.05) is 18.4 Å². The second-order valence-corrected chi connectivity index (χ2v) is 6.65. The lowest BCUT2D eigenvalue weighted by Gasteiger charge is -2.07. The molecular weight excluding hydrogens is 348 g/mol. The van der Waals surface area contributed by atoms with E-state index in [1.165, 1.54) is 17.3 Å². The summed E-state index contributed by atoms with van der Waals surface area (Å²) in [6.07, 6.45) is 7.00. The standard InChI is InChI=1S/C23H26N4O/c28-23(25-16-8-14-20-11-5-2-6-12-20)21-17-27-22(18-26-21)24-15-7-13-19-9-3-1-4-10-19/h1-6,9-12,17-18H,7-8,13-16H2,(H,24,27)(H,25,28). The lowest BCUT2D eigenvalue weighted by molar-refractivity contribution is 0.0948. The van der Waals surface area contributed by atoms with Gasteiger partial charge in [-0.05, 0) is 36.8 Å². The van der Waals surface area contributed by atoms with Crippen molar-refractivity contribution < 1.29 is 4.79 Å². The lowest BCUT2D eigenvalue weighted by atomic mass is 10.1. The molecule has 0 aliphatic carbocycles. The number of anilines is 1. The fourth-order valence-corrected chi connectivity index (χ4v) is 2.92. The summed E-state index contributed by atoms with van der Waals surface area (Å²) in [4.78, 5) is 20.7. The maximum Gasteiger partial charge on any atom is 0.271 e.